The average Bonchev–Trinajstić information content (AvgIpc) is 2.02. The van der Waals surface area contributed by atoms with Crippen molar-refractivity contribution in [2.45, 2.75) is 6.18 Å². The van der Waals surface area contributed by atoms with E-state index in [-0.39, 0.29) is 5.75 Å². The summed E-state index contributed by atoms with van der Waals surface area (Å²) in [5.74, 6) is 0.154. The molecule has 0 bridgehead atoms. The topological polar surface area (TPSA) is 9.23 Å². The molecule has 0 heterocycles. The van der Waals surface area contributed by atoms with Crippen LogP contribution in [0.25, 0.3) is 0 Å². The predicted octanol–water partition coefficient (Wildman–Crippen LogP) is 3.28. The third-order valence-corrected chi connectivity index (χ3v) is 1.47. The lowest BCUT2D eigenvalue weighted by molar-refractivity contribution is -0.153. The Hall–Kier alpha value is -0.900. The van der Waals surface area contributed by atoms with Crippen molar-refractivity contribution in [3.63, 3.8) is 0 Å². The van der Waals surface area contributed by atoms with Gasteiger partial charge in [-0.1, -0.05) is 11.6 Å². The summed E-state index contributed by atoms with van der Waals surface area (Å²) in [7, 11) is 0. The summed E-state index contributed by atoms with van der Waals surface area (Å²) in [5.41, 5.74) is 0. The number of halogens is 4. The fraction of sp³-hybridized carbons (Fsp3) is 0.250. The molecule has 0 amide bonds. The first-order valence-corrected chi connectivity index (χ1v) is 3.80. The fourth-order valence-electron chi connectivity index (χ4n) is 0.696. The van der Waals surface area contributed by atoms with E-state index in [9.17, 15) is 13.2 Å². The Morgan fingerprint density at radius 3 is 2.15 bits per heavy atom. The fourth-order valence-corrected chi connectivity index (χ4v) is 0.822. The van der Waals surface area contributed by atoms with Crippen LogP contribution in [0, 0.1) is 0 Å². The molecule has 72 valence electrons. The molecule has 0 aliphatic carbocycles. The summed E-state index contributed by atoms with van der Waals surface area (Å²) in [6, 6.07) is 5.70. The number of rotatable bonds is 2. The van der Waals surface area contributed by atoms with Gasteiger partial charge in [0.05, 0.1) is 0 Å². The molecule has 0 spiro atoms. The maximum absolute atomic E-state index is 11.7. The van der Waals surface area contributed by atoms with Gasteiger partial charge >= 0.3 is 6.18 Å². The van der Waals surface area contributed by atoms with Gasteiger partial charge in [-0.15, -0.1) is 0 Å². The largest absolute Gasteiger partial charge is 0.484 e. The van der Waals surface area contributed by atoms with E-state index in [1.807, 2.05) is 0 Å². The molecule has 0 aliphatic rings. The summed E-state index contributed by atoms with van der Waals surface area (Å²) in [4.78, 5) is 0. The third kappa shape index (κ3) is 4.03. The Morgan fingerprint density at radius 1 is 1.15 bits per heavy atom. The van der Waals surface area contributed by atoms with Crippen LogP contribution in [0.15, 0.2) is 24.3 Å². The highest BCUT2D eigenvalue weighted by molar-refractivity contribution is 6.30. The van der Waals surface area contributed by atoms with Crippen molar-refractivity contribution in [3.05, 3.63) is 29.3 Å². The van der Waals surface area contributed by atoms with E-state index in [2.05, 4.69) is 4.74 Å². The van der Waals surface area contributed by atoms with E-state index in [0.29, 0.717) is 5.02 Å². The van der Waals surface area contributed by atoms with Gasteiger partial charge in [0.25, 0.3) is 0 Å². The van der Waals surface area contributed by atoms with Crippen molar-refractivity contribution in [1.82, 2.24) is 0 Å². The molecule has 5 heteroatoms. The first-order chi connectivity index (χ1) is 5.97. The Labute approximate surface area is 78.1 Å². The second-order valence-corrected chi connectivity index (χ2v) is 2.79. The highest BCUT2D eigenvalue weighted by atomic mass is 35.5. The molecule has 0 saturated heterocycles. The van der Waals surface area contributed by atoms with Gasteiger partial charge in [0.2, 0.25) is 0 Å². The average molecular weight is 211 g/mol. The van der Waals surface area contributed by atoms with Crippen molar-refractivity contribution in [2.24, 2.45) is 0 Å². The van der Waals surface area contributed by atoms with E-state index >= 15 is 0 Å². The lowest BCUT2D eigenvalue weighted by Gasteiger charge is -2.08. The van der Waals surface area contributed by atoms with Gasteiger partial charge in [0, 0.05) is 5.02 Å². The van der Waals surface area contributed by atoms with Crippen LogP contribution in [0.5, 0.6) is 5.75 Å². The van der Waals surface area contributed by atoms with E-state index in [1.165, 1.54) is 24.3 Å². The molecular weight excluding hydrogens is 205 g/mol. The smallest absolute Gasteiger partial charge is 0.422 e. The number of alkyl halides is 3. The maximum atomic E-state index is 11.7. The molecule has 1 rings (SSSR count). The van der Waals surface area contributed by atoms with Gasteiger partial charge in [-0.05, 0) is 24.3 Å². The van der Waals surface area contributed by atoms with Gasteiger partial charge in [-0.25, -0.2) is 0 Å². The van der Waals surface area contributed by atoms with E-state index in [4.69, 9.17) is 11.6 Å². The van der Waals surface area contributed by atoms with Gasteiger partial charge in [-0.2, -0.15) is 13.2 Å². The van der Waals surface area contributed by atoms with Gasteiger partial charge in [0.1, 0.15) is 5.75 Å². The van der Waals surface area contributed by atoms with Crippen molar-refractivity contribution in [2.75, 3.05) is 6.61 Å². The van der Waals surface area contributed by atoms with Crippen molar-refractivity contribution in [3.8, 4) is 5.75 Å². The minimum Gasteiger partial charge on any atom is -0.484 e. The summed E-state index contributed by atoms with van der Waals surface area (Å²) < 4.78 is 39.5. The van der Waals surface area contributed by atoms with Gasteiger partial charge < -0.3 is 4.74 Å². The molecule has 1 aromatic carbocycles. The number of benzene rings is 1. The first kappa shape index (κ1) is 10.2. The number of hydrogen-bond acceptors (Lipinski definition) is 1. The predicted molar refractivity (Wildman–Crippen MR) is 43.0 cm³/mol. The zero-order valence-corrected chi connectivity index (χ0v) is 7.19. The molecule has 0 aromatic heterocycles. The number of hydrogen-bond donors (Lipinski definition) is 0. The second kappa shape index (κ2) is 3.87. The molecule has 0 unspecified atom stereocenters. The monoisotopic (exact) mass is 210 g/mol. The van der Waals surface area contributed by atoms with Crippen LogP contribution in [0.4, 0.5) is 13.2 Å². The maximum Gasteiger partial charge on any atom is 0.422 e. The van der Waals surface area contributed by atoms with Crippen LogP contribution in [-0.4, -0.2) is 12.8 Å². The van der Waals surface area contributed by atoms with E-state index < -0.39 is 12.8 Å². The third-order valence-electron chi connectivity index (χ3n) is 1.22. The standard InChI is InChI=1S/C8H6ClF3O/c9-6-1-3-7(4-2-6)13-5-8(10,11)12/h1-4H,5H2. The lowest BCUT2D eigenvalue weighted by Crippen LogP contribution is -2.19. The van der Waals surface area contributed by atoms with Crippen molar-refractivity contribution in [1.29, 1.82) is 0 Å². The summed E-state index contributed by atoms with van der Waals surface area (Å²) >= 11 is 5.52. The van der Waals surface area contributed by atoms with Gasteiger partial charge in [-0.3, -0.25) is 0 Å². The molecule has 1 aromatic rings. The molecule has 0 radical (unpaired) electrons. The van der Waals surface area contributed by atoms with Crippen molar-refractivity contribution >= 4 is 11.6 Å². The van der Waals surface area contributed by atoms with Crippen LogP contribution in [-0.2, 0) is 0 Å². The molecule has 0 N–H and O–H groups in total. The molecular formula is C8H6ClF3O. The van der Waals surface area contributed by atoms with Crippen LogP contribution in [0.2, 0.25) is 5.02 Å². The Bertz CT molecular complexity index is 268. The second-order valence-electron chi connectivity index (χ2n) is 2.36. The minimum absolute atomic E-state index is 0.154. The van der Waals surface area contributed by atoms with Crippen molar-refractivity contribution < 1.29 is 17.9 Å². The quantitative estimate of drug-likeness (QED) is 0.728. The first-order valence-electron chi connectivity index (χ1n) is 3.42. The SMILES string of the molecule is FC(F)(F)COc1ccc(Cl)cc1. The molecule has 0 fully saturated rings. The van der Waals surface area contributed by atoms with Crippen LogP contribution < -0.4 is 4.74 Å². The van der Waals surface area contributed by atoms with Crippen LogP contribution in [0.1, 0.15) is 0 Å². The van der Waals surface area contributed by atoms with Crippen LogP contribution >= 0.6 is 11.6 Å². The molecule has 0 aliphatic heterocycles. The highest BCUT2D eigenvalue weighted by Gasteiger charge is 2.28. The Balaban J connectivity index is 2.51. The zero-order chi connectivity index (χ0) is 9.90. The van der Waals surface area contributed by atoms with Crippen LogP contribution in [0.3, 0.4) is 0 Å². The summed E-state index contributed by atoms with van der Waals surface area (Å²) in [6.45, 7) is -1.28. The molecule has 0 saturated carbocycles. The van der Waals surface area contributed by atoms with E-state index in [0.717, 1.165) is 0 Å². The van der Waals surface area contributed by atoms with E-state index in [1.54, 1.807) is 0 Å². The highest BCUT2D eigenvalue weighted by Crippen LogP contribution is 2.19. The summed E-state index contributed by atoms with van der Waals surface area (Å²) in [6.07, 6.45) is -4.31. The Morgan fingerprint density at radius 2 is 1.69 bits per heavy atom. The molecule has 13 heavy (non-hydrogen) atoms. The van der Waals surface area contributed by atoms with Gasteiger partial charge in [0.15, 0.2) is 6.61 Å². The lowest BCUT2D eigenvalue weighted by atomic mass is 10.3. The Kier molecular flexibility index (Phi) is 3.03. The molecule has 1 nitrogen and oxygen atoms in total. The normalized spacial score (nSPS) is 11.4. The zero-order valence-electron chi connectivity index (χ0n) is 6.44. The minimum atomic E-state index is -4.31. The molecule has 0 atom stereocenters. The summed E-state index contributed by atoms with van der Waals surface area (Å²) in [5, 5.41) is 0.458. The number of ether oxygens (including phenoxy) is 1.